The number of nitrogens with two attached hydrogens (primary N) is 1. The van der Waals surface area contributed by atoms with Crippen molar-refractivity contribution >= 4 is 29.9 Å². The molecule has 6 N–H and O–H groups in total. The average molecular weight is 576 g/mol. The van der Waals surface area contributed by atoms with E-state index >= 15 is 0 Å². The summed E-state index contributed by atoms with van der Waals surface area (Å²) < 4.78 is 0. The number of piperidine rings is 1. The first-order valence-electron chi connectivity index (χ1n) is 14.3. The Morgan fingerprint density at radius 2 is 1.73 bits per heavy atom. The number of nitroso groups, excluding NO2 is 1. The second-order valence-electron chi connectivity index (χ2n) is 9.55. The largest absolute Gasteiger partial charge is 0.355 e. The van der Waals surface area contributed by atoms with Gasteiger partial charge in [0.2, 0.25) is 17.7 Å². The number of hydrogen-bond donors (Lipinski definition) is 5. The third-order valence-corrected chi connectivity index (χ3v) is 6.57. The Hall–Kier alpha value is -3.55. The van der Waals surface area contributed by atoms with E-state index in [-0.39, 0.29) is 37.2 Å². The number of aryl methyl sites for hydroxylation is 1. The van der Waals surface area contributed by atoms with Crippen molar-refractivity contribution in [3.8, 4) is 0 Å². The van der Waals surface area contributed by atoms with Crippen LogP contribution >= 0.6 is 0 Å². The summed E-state index contributed by atoms with van der Waals surface area (Å²) in [7, 11) is 0. The maximum atomic E-state index is 13.5. The van der Waals surface area contributed by atoms with Gasteiger partial charge in [0, 0.05) is 30.7 Å². The number of unbranched alkanes of at least 4 members (excludes halogenated alkanes) is 1. The van der Waals surface area contributed by atoms with E-state index in [0.717, 1.165) is 18.3 Å². The zero-order valence-electron chi connectivity index (χ0n) is 24.1. The number of benzene rings is 1. The van der Waals surface area contributed by atoms with Crippen LogP contribution in [0.2, 0.25) is 0 Å². The van der Waals surface area contributed by atoms with E-state index in [1.807, 2.05) is 44.2 Å². The molecule has 1 heterocycles. The maximum Gasteiger partial charge on any atom is 0.303 e. The quantitative estimate of drug-likeness (QED) is 0.0581. The van der Waals surface area contributed by atoms with E-state index in [0.29, 0.717) is 51.7 Å². The van der Waals surface area contributed by atoms with Gasteiger partial charge in [-0.25, -0.2) is 0 Å². The number of amides is 4. The van der Waals surface area contributed by atoms with Gasteiger partial charge in [-0.05, 0) is 50.5 Å². The van der Waals surface area contributed by atoms with Crippen molar-refractivity contribution in [2.45, 2.75) is 70.9 Å². The van der Waals surface area contributed by atoms with E-state index in [4.69, 9.17) is 5.84 Å². The molecule has 0 saturated carbocycles. The molecule has 0 bridgehead atoms. The highest BCUT2D eigenvalue weighted by atomic mass is 16.3. The topological polar surface area (TPSA) is 192 Å². The molecule has 1 aromatic rings. The molecule has 1 fully saturated rings. The molecule has 0 radical (unpaired) electrons. The summed E-state index contributed by atoms with van der Waals surface area (Å²) in [5.74, 6) is 2.96. The Morgan fingerprint density at radius 1 is 1.02 bits per heavy atom. The van der Waals surface area contributed by atoms with E-state index in [1.54, 1.807) is 4.90 Å². The molecule has 41 heavy (non-hydrogen) atoms. The Bertz CT molecular complexity index is 963. The van der Waals surface area contributed by atoms with Gasteiger partial charge in [-0.1, -0.05) is 44.2 Å². The van der Waals surface area contributed by atoms with E-state index in [9.17, 15) is 28.9 Å². The van der Waals surface area contributed by atoms with Gasteiger partial charge in [-0.15, -0.1) is 4.91 Å². The number of hydrogen-bond acceptors (Lipinski definition) is 9. The predicted octanol–water partition coefficient (Wildman–Crippen LogP) is 0.569. The monoisotopic (exact) mass is 575 g/mol. The maximum absolute atomic E-state index is 13.5. The molecule has 1 aromatic carbocycles. The van der Waals surface area contributed by atoms with Gasteiger partial charge in [0.1, 0.15) is 6.29 Å². The Labute approximate surface area is 241 Å². The summed E-state index contributed by atoms with van der Waals surface area (Å²) in [6.07, 6.45) is 4.52. The lowest BCUT2D eigenvalue weighted by Crippen LogP contribution is -2.54. The van der Waals surface area contributed by atoms with Crippen LogP contribution in [0, 0.1) is 10.8 Å². The van der Waals surface area contributed by atoms with Crippen LogP contribution < -0.4 is 27.2 Å². The van der Waals surface area contributed by atoms with Crippen molar-refractivity contribution in [3.05, 3.63) is 40.8 Å². The van der Waals surface area contributed by atoms with E-state index in [1.165, 1.54) is 0 Å². The van der Waals surface area contributed by atoms with Gasteiger partial charge < -0.3 is 20.3 Å². The highest BCUT2D eigenvalue weighted by Crippen LogP contribution is 2.18. The first kappa shape index (κ1) is 35.5. The minimum absolute atomic E-state index is 0.102. The summed E-state index contributed by atoms with van der Waals surface area (Å²) >= 11 is 0. The second kappa shape index (κ2) is 21.2. The van der Waals surface area contributed by atoms with Gasteiger partial charge in [-0.2, -0.15) is 0 Å². The van der Waals surface area contributed by atoms with Crippen LogP contribution in [0.15, 0.2) is 35.5 Å². The molecule has 0 aliphatic carbocycles. The molecule has 0 aromatic heterocycles. The average Bonchev–Trinajstić information content (AvgIpc) is 3.01. The molecule has 1 aliphatic rings. The van der Waals surface area contributed by atoms with Crippen LogP contribution in [0.1, 0.15) is 57.9 Å². The Morgan fingerprint density at radius 3 is 2.39 bits per heavy atom. The number of aldehydes is 1. The minimum atomic E-state index is -0.936. The minimum Gasteiger partial charge on any atom is -0.355 e. The molecule has 0 spiro atoms. The zero-order valence-corrected chi connectivity index (χ0v) is 24.1. The fourth-order valence-electron chi connectivity index (χ4n) is 4.46. The van der Waals surface area contributed by atoms with Crippen LogP contribution in [0.5, 0.6) is 0 Å². The molecule has 4 amide bonds. The zero-order chi connectivity index (χ0) is 30.5. The first-order chi connectivity index (χ1) is 19.9. The van der Waals surface area contributed by atoms with Gasteiger partial charge in [0.05, 0.1) is 25.2 Å². The fraction of sp³-hybridized carbons (Fsp3) is 0.607. The molecule has 3 unspecified atom stereocenters. The molecular weight excluding hydrogens is 530 g/mol. The molecule has 3 atom stereocenters. The number of nitrogens with zero attached hydrogens (tertiary/aromatic N) is 2. The lowest BCUT2D eigenvalue weighted by molar-refractivity contribution is -0.136. The summed E-state index contributed by atoms with van der Waals surface area (Å²) in [6, 6.07) is 7.79. The predicted molar refractivity (Wildman–Crippen MR) is 155 cm³/mol. The van der Waals surface area contributed by atoms with Crippen molar-refractivity contribution < 1.29 is 24.0 Å². The number of nitrogens with one attached hydrogen (secondary N) is 4. The molecule has 2 rings (SSSR count). The molecule has 13 heteroatoms. The van der Waals surface area contributed by atoms with Crippen molar-refractivity contribution in [1.82, 2.24) is 26.3 Å². The lowest BCUT2D eigenvalue weighted by Gasteiger charge is -2.34. The van der Waals surface area contributed by atoms with Gasteiger partial charge in [0.15, 0.2) is 0 Å². The first-order valence-corrected chi connectivity index (χ1v) is 14.3. The van der Waals surface area contributed by atoms with Crippen molar-refractivity contribution in [2.24, 2.45) is 16.9 Å². The normalized spacial score (nSPS) is 15.9. The van der Waals surface area contributed by atoms with Crippen molar-refractivity contribution in [3.63, 3.8) is 0 Å². The third-order valence-electron chi connectivity index (χ3n) is 6.57. The van der Waals surface area contributed by atoms with Crippen LogP contribution in [-0.2, 0) is 30.4 Å². The Kier molecular flexibility index (Phi) is 18.4. The van der Waals surface area contributed by atoms with Crippen LogP contribution in [0.25, 0.3) is 0 Å². The van der Waals surface area contributed by atoms with Gasteiger partial charge >= 0.3 is 5.91 Å². The molecular formula is C28H45N7O6. The highest BCUT2D eigenvalue weighted by Gasteiger charge is 2.32. The molecule has 13 nitrogen and oxygen atoms in total. The second-order valence-corrected chi connectivity index (χ2v) is 9.55. The molecule has 228 valence electrons. The van der Waals surface area contributed by atoms with Crippen LogP contribution in [0.4, 0.5) is 0 Å². The number of rotatable bonds is 17. The van der Waals surface area contributed by atoms with Crippen molar-refractivity contribution in [1.29, 1.82) is 0 Å². The van der Waals surface area contributed by atoms with Gasteiger partial charge in [0.25, 0.3) is 0 Å². The number of carbonyl (C=O) groups excluding carboxylic acids is 5. The van der Waals surface area contributed by atoms with E-state index in [2.05, 4.69) is 26.6 Å². The van der Waals surface area contributed by atoms with Crippen molar-refractivity contribution in [2.75, 3.05) is 32.7 Å². The number of likely N-dealkylation sites (tertiary alicyclic amines) is 1. The smallest absolute Gasteiger partial charge is 0.303 e. The highest BCUT2D eigenvalue weighted by molar-refractivity contribution is 5.86. The molecule has 1 aliphatic heterocycles. The van der Waals surface area contributed by atoms with Crippen LogP contribution in [-0.4, -0.2) is 79.6 Å². The van der Waals surface area contributed by atoms with Gasteiger partial charge in [-0.3, -0.25) is 35.8 Å². The standard InChI is InChI=1S/C26H39N7O6.C2H6/c27-30-16-24(36)29-15-23(35)28-13-5-4-10-22(26(38)33-14-6-9-20(17-33)18-34)31-21(25(37)32-39)12-11-19-7-2-1-3-8-19;1-2/h1-3,7-8,18,20-22,30-31H,4-6,9-17,27H2,(H,28,35)(H,29,36);1-2H3. The SMILES string of the molecule is CC.NNCC(=O)NCC(=O)NCCCCC(NC(CCc1ccccc1)C(=O)N=O)C(=O)N1CCCC(C=O)C1. The van der Waals surface area contributed by atoms with Crippen LogP contribution in [0.3, 0.4) is 0 Å². The Balaban J connectivity index is 0.00000411. The number of carbonyl (C=O) groups is 5. The van der Waals surface area contributed by atoms with E-state index < -0.39 is 23.9 Å². The summed E-state index contributed by atoms with van der Waals surface area (Å²) in [4.78, 5) is 73.2. The summed E-state index contributed by atoms with van der Waals surface area (Å²) in [5.41, 5.74) is 3.19. The third kappa shape index (κ3) is 14.1. The molecule has 1 saturated heterocycles. The fourth-order valence-corrected chi connectivity index (χ4v) is 4.46. The number of hydrazine groups is 1. The lowest BCUT2D eigenvalue weighted by atomic mass is 9.97. The summed E-state index contributed by atoms with van der Waals surface area (Å²) in [5, 5.41) is 10.8. The summed E-state index contributed by atoms with van der Waals surface area (Å²) in [6.45, 7) is 4.87.